The van der Waals surface area contributed by atoms with E-state index in [1.807, 2.05) is 0 Å². The number of ether oxygens (including phenoxy) is 1. The molecule has 1 aromatic carbocycles. The molecule has 0 heterocycles. The maximum absolute atomic E-state index is 13.7. The molecule has 2 atom stereocenters. The lowest BCUT2D eigenvalue weighted by Crippen LogP contribution is -2.39. The zero-order chi connectivity index (χ0) is 18.4. The number of nitrogen functional groups attached to an aromatic ring is 1. The minimum Gasteiger partial charge on any atom is -0.450 e. The standard InChI is InChI=1S/C14H17F4N3O3/c1-3-24-14(23)20-10-5-9(19)8(15)4-7(10)6(2)13(22)21-12(18)11(16)17/h4-6,11-12H,3,19H2,1-2H3,(H,20,23)(H,21,22). The van der Waals surface area contributed by atoms with Gasteiger partial charge in [0.15, 0.2) is 0 Å². The van der Waals surface area contributed by atoms with Crippen LogP contribution in [0.25, 0.3) is 0 Å². The Labute approximate surface area is 135 Å². The van der Waals surface area contributed by atoms with Gasteiger partial charge in [0, 0.05) is 0 Å². The second kappa shape index (κ2) is 8.37. The second-order valence-electron chi connectivity index (χ2n) is 4.77. The van der Waals surface area contributed by atoms with Gasteiger partial charge < -0.3 is 15.8 Å². The summed E-state index contributed by atoms with van der Waals surface area (Å²) >= 11 is 0. The fraction of sp³-hybridized carbons (Fsp3) is 0.429. The van der Waals surface area contributed by atoms with Crippen molar-refractivity contribution in [1.29, 1.82) is 0 Å². The van der Waals surface area contributed by atoms with Gasteiger partial charge in [-0.2, -0.15) is 0 Å². The molecule has 0 aromatic heterocycles. The zero-order valence-corrected chi connectivity index (χ0v) is 12.9. The lowest BCUT2D eigenvalue weighted by Gasteiger charge is -2.19. The van der Waals surface area contributed by atoms with Gasteiger partial charge in [0.2, 0.25) is 12.2 Å². The van der Waals surface area contributed by atoms with E-state index in [0.29, 0.717) is 0 Å². The molecule has 0 bridgehead atoms. The van der Waals surface area contributed by atoms with E-state index in [1.54, 1.807) is 6.92 Å². The highest BCUT2D eigenvalue weighted by Gasteiger charge is 2.27. The van der Waals surface area contributed by atoms with Gasteiger partial charge in [-0.1, -0.05) is 0 Å². The predicted octanol–water partition coefficient (Wildman–Crippen LogP) is 2.76. The SMILES string of the molecule is CCOC(=O)Nc1cc(N)c(F)cc1C(C)C(=O)NC(F)C(F)F. The number of hydrogen-bond donors (Lipinski definition) is 3. The molecule has 1 rings (SSSR count). The van der Waals surface area contributed by atoms with E-state index < -0.39 is 36.5 Å². The van der Waals surface area contributed by atoms with Crippen LogP contribution in [0.1, 0.15) is 25.3 Å². The number of halogens is 4. The van der Waals surface area contributed by atoms with Crippen molar-refractivity contribution in [2.45, 2.75) is 32.5 Å². The van der Waals surface area contributed by atoms with Crippen LogP contribution in [0.3, 0.4) is 0 Å². The Hall–Kier alpha value is -2.52. The number of anilines is 2. The lowest BCUT2D eigenvalue weighted by atomic mass is 9.97. The average Bonchev–Trinajstić information content (AvgIpc) is 2.49. The monoisotopic (exact) mass is 351 g/mol. The fourth-order valence-corrected chi connectivity index (χ4v) is 1.81. The van der Waals surface area contributed by atoms with Crippen molar-refractivity contribution in [2.24, 2.45) is 0 Å². The van der Waals surface area contributed by atoms with Crippen LogP contribution < -0.4 is 16.4 Å². The Morgan fingerprint density at radius 3 is 2.46 bits per heavy atom. The van der Waals surface area contributed by atoms with Crippen LogP contribution in [0.15, 0.2) is 12.1 Å². The Bertz CT molecular complexity index is 613. The Morgan fingerprint density at radius 2 is 1.92 bits per heavy atom. The van der Waals surface area contributed by atoms with E-state index in [0.717, 1.165) is 12.1 Å². The van der Waals surface area contributed by atoms with Gasteiger partial charge in [0.05, 0.1) is 23.9 Å². The number of rotatable bonds is 6. The van der Waals surface area contributed by atoms with Crippen LogP contribution in [-0.4, -0.2) is 31.3 Å². The molecule has 6 nitrogen and oxygen atoms in total. The molecule has 4 N–H and O–H groups in total. The molecule has 0 saturated carbocycles. The zero-order valence-electron chi connectivity index (χ0n) is 12.9. The molecule has 0 aliphatic heterocycles. The molecule has 0 fully saturated rings. The third-order valence-corrected chi connectivity index (χ3v) is 3.04. The molecule has 0 aliphatic rings. The molecule has 10 heteroatoms. The van der Waals surface area contributed by atoms with E-state index in [-0.39, 0.29) is 23.5 Å². The Balaban J connectivity index is 3.09. The van der Waals surface area contributed by atoms with Crippen molar-refractivity contribution >= 4 is 23.4 Å². The summed E-state index contributed by atoms with van der Waals surface area (Å²) in [5.41, 5.74) is 4.97. The number of benzene rings is 1. The molecule has 0 saturated heterocycles. The van der Waals surface area contributed by atoms with Crippen LogP contribution in [0.2, 0.25) is 0 Å². The number of hydrogen-bond acceptors (Lipinski definition) is 4. The van der Waals surface area contributed by atoms with Crippen molar-refractivity contribution < 1.29 is 31.9 Å². The van der Waals surface area contributed by atoms with E-state index in [4.69, 9.17) is 5.73 Å². The van der Waals surface area contributed by atoms with Crippen LogP contribution >= 0.6 is 0 Å². The summed E-state index contributed by atoms with van der Waals surface area (Å²) < 4.78 is 55.6. The summed E-state index contributed by atoms with van der Waals surface area (Å²) in [7, 11) is 0. The van der Waals surface area contributed by atoms with Gasteiger partial charge >= 0.3 is 6.09 Å². The summed E-state index contributed by atoms with van der Waals surface area (Å²) in [6, 6.07) is 1.90. The topological polar surface area (TPSA) is 93.4 Å². The number of carbonyl (C=O) groups is 2. The number of alkyl halides is 3. The molecule has 2 amide bonds. The third-order valence-electron chi connectivity index (χ3n) is 3.04. The summed E-state index contributed by atoms with van der Waals surface area (Å²) in [5, 5.41) is 3.73. The minimum absolute atomic E-state index is 0.0533. The first-order valence-corrected chi connectivity index (χ1v) is 6.92. The maximum atomic E-state index is 13.7. The summed E-state index contributed by atoms with van der Waals surface area (Å²) in [4.78, 5) is 23.3. The number of amides is 2. The van der Waals surface area contributed by atoms with Gasteiger partial charge in [0.1, 0.15) is 5.82 Å². The molecule has 0 spiro atoms. The molecule has 2 unspecified atom stereocenters. The minimum atomic E-state index is -3.40. The van der Waals surface area contributed by atoms with Gasteiger partial charge in [-0.15, -0.1) is 0 Å². The average molecular weight is 351 g/mol. The number of nitrogens with two attached hydrogens (primary N) is 1. The van der Waals surface area contributed by atoms with Gasteiger partial charge in [-0.25, -0.2) is 22.4 Å². The highest BCUT2D eigenvalue weighted by molar-refractivity contribution is 5.91. The molecule has 0 aliphatic carbocycles. The van der Waals surface area contributed by atoms with Gasteiger partial charge in [-0.3, -0.25) is 10.1 Å². The van der Waals surface area contributed by atoms with E-state index in [9.17, 15) is 27.2 Å². The van der Waals surface area contributed by atoms with Gasteiger partial charge in [-0.05, 0) is 31.5 Å². The van der Waals surface area contributed by atoms with E-state index >= 15 is 0 Å². The number of carbonyl (C=O) groups excluding carboxylic acids is 2. The molecule has 134 valence electrons. The van der Waals surface area contributed by atoms with Crippen molar-refractivity contribution in [3.8, 4) is 0 Å². The summed E-state index contributed by atoms with van der Waals surface area (Å²) in [6.07, 6.45) is -7.14. The van der Waals surface area contributed by atoms with Crippen LogP contribution in [0, 0.1) is 5.82 Å². The first-order chi connectivity index (χ1) is 11.2. The maximum Gasteiger partial charge on any atom is 0.411 e. The lowest BCUT2D eigenvalue weighted by molar-refractivity contribution is -0.126. The molecule has 1 aromatic rings. The smallest absolute Gasteiger partial charge is 0.411 e. The fourth-order valence-electron chi connectivity index (χ4n) is 1.81. The second-order valence-corrected chi connectivity index (χ2v) is 4.77. The van der Waals surface area contributed by atoms with E-state index in [1.165, 1.54) is 12.2 Å². The van der Waals surface area contributed by atoms with Crippen LogP contribution in [0.4, 0.5) is 33.7 Å². The Kier molecular flexibility index (Phi) is 6.81. The summed E-state index contributed by atoms with van der Waals surface area (Å²) in [6.45, 7) is 2.85. The quantitative estimate of drug-likeness (QED) is 0.417. The van der Waals surface area contributed by atoms with Crippen LogP contribution in [0.5, 0.6) is 0 Å². The molecule has 0 radical (unpaired) electrons. The first kappa shape index (κ1) is 19.5. The van der Waals surface area contributed by atoms with Crippen molar-refractivity contribution in [1.82, 2.24) is 5.32 Å². The summed E-state index contributed by atoms with van der Waals surface area (Å²) in [5.74, 6) is -3.24. The predicted molar refractivity (Wildman–Crippen MR) is 78.9 cm³/mol. The Morgan fingerprint density at radius 1 is 1.29 bits per heavy atom. The highest BCUT2D eigenvalue weighted by Crippen LogP contribution is 2.29. The largest absolute Gasteiger partial charge is 0.450 e. The number of nitrogens with one attached hydrogen (secondary N) is 2. The highest BCUT2D eigenvalue weighted by atomic mass is 19.3. The first-order valence-electron chi connectivity index (χ1n) is 6.92. The van der Waals surface area contributed by atoms with Crippen LogP contribution in [-0.2, 0) is 9.53 Å². The molecular formula is C14H17F4N3O3. The van der Waals surface area contributed by atoms with E-state index in [2.05, 4.69) is 10.1 Å². The third kappa shape index (κ3) is 5.00. The molecular weight excluding hydrogens is 334 g/mol. The van der Waals surface area contributed by atoms with Crippen molar-refractivity contribution in [3.05, 3.63) is 23.5 Å². The van der Waals surface area contributed by atoms with Crippen molar-refractivity contribution in [3.63, 3.8) is 0 Å². The van der Waals surface area contributed by atoms with Crippen molar-refractivity contribution in [2.75, 3.05) is 17.7 Å². The van der Waals surface area contributed by atoms with Gasteiger partial charge in [0.25, 0.3) is 6.43 Å². The molecule has 24 heavy (non-hydrogen) atoms. The normalized spacial score (nSPS) is 13.3.